The normalized spacial score (nSPS) is 11.2. The highest BCUT2D eigenvalue weighted by molar-refractivity contribution is 7.98. The summed E-state index contributed by atoms with van der Waals surface area (Å²) in [6.07, 6.45) is 1.55. The Morgan fingerprint density at radius 1 is 1.33 bits per heavy atom. The number of thioether (sulfide) groups is 1. The van der Waals surface area contributed by atoms with Gasteiger partial charge in [-0.25, -0.2) is 10.1 Å². The maximum absolute atomic E-state index is 12.7. The number of thiophene rings is 1. The summed E-state index contributed by atoms with van der Waals surface area (Å²) in [5, 5.41) is 21.8. The van der Waals surface area contributed by atoms with E-state index in [4.69, 9.17) is 17.3 Å². The number of benzene rings is 1. The first-order valence-electron chi connectivity index (χ1n) is 8.40. The first-order chi connectivity index (χ1) is 14.6. The monoisotopic (exact) mass is 460 g/mol. The van der Waals surface area contributed by atoms with Crippen molar-refractivity contribution in [2.24, 2.45) is 5.10 Å². The molecule has 0 fully saturated rings. The number of hydrogen-bond donors (Lipinski definition) is 2. The van der Waals surface area contributed by atoms with E-state index in [0.29, 0.717) is 16.5 Å². The number of amides is 1. The zero-order valence-electron chi connectivity index (χ0n) is 15.1. The van der Waals surface area contributed by atoms with Crippen molar-refractivity contribution in [3.63, 3.8) is 0 Å². The van der Waals surface area contributed by atoms with Crippen LogP contribution < -0.4 is 11.2 Å². The second-order valence-electron chi connectivity index (χ2n) is 5.73. The minimum atomic E-state index is -0.518. The average molecular weight is 461 g/mol. The van der Waals surface area contributed by atoms with Gasteiger partial charge in [-0.15, -0.1) is 28.2 Å². The standard InChI is InChI=1S/C17H13ClN8O2S2/c18-10-3-5-11(6-4-10)30-9-13-14(17(27)22-20-8-12-2-1-7-29-12)21-25-26(13)16-15(19)23-28-24-16/h1-8H,9H2,(H2,19,23)(H,22,27)/b20-8+. The van der Waals surface area contributed by atoms with Gasteiger partial charge in [-0.3, -0.25) is 4.79 Å². The lowest BCUT2D eigenvalue weighted by molar-refractivity contribution is 0.0949. The van der Waals surface area contributed by atoms with Gasteiger partial charge < -0.3 is 5.73 Å². The van der Waals surface area contributed by atoms with Gasteiger partial charge in [0.15, 0.2) is 5.69 Å². The summed E-state index contributed by atoms with van der Waals surface area (Å²) in [5.74, 6) is 0.00431. The van der Waals surface area contributed by atoms with Gasteiger partial charge in [0.1, 0.15) is 0 Å². The van der Waals surface area contributed by atoms with E-state index in [1.807, 2.05) is 29.6 Å². The maximum Gasteiger partial charge on any atom is 0.293 e. The molecular formula is C17H13ClN8O2S2. The number of halogens is 1. The van der Waals surface area contributed by atoms with Gasteiger partial charge in [0.25, 0.3) is 5.91 Å². The Bertz CT molecular complexity index is 1170. The molecule has 3 heterocycles. The molecule has 1 aromatic carbocycles. The van der Waals surface area contributed by atoms with Gasteiger partial charge in [0, 0.05) is 20.5 Å². The van der Waals surface area contributed by atoms with Crippen molar-refractivity contribution in [1.82, 2.24) is 30.7 Å². The third kappa shape index (κ3) is 4.50. The Hall–Kier alpha value is -3.22. The number of nitrogens with two attached hydrogens (primary N) is 1. The minimum Gasteiger partial charge on any atom is -0.378 e. The van der Waals surface area contributed by atoms with Gasteiger partial charge in [0.2, 0.25) is 11.6 Å². The third-order valence-electron chi connectivity index (χ3n) is 3.76. The van der Waals surface area contributed by atoms with Crippen LogP contribution in [0.3, 0.4) is 0 Å². The van der Waals surface area contributed by atoms with E-state index in [9.17, 15) is 4.79 Å². The summed E-state index contributed by atoms with van der Waals surface area (Å²) in [4.78, 5) is 14.5. The number of carbonyl (C=O) groups excluding carboxylic acids is 1. The van der Waals surface area contributed by atoms with Crippen molar-refractivity contribution in [1.29, 1.82) is 0 Å². The van der Waals surface area contributed by atoms with Crippen molar-refractivity contribution >= 4 is 52.6 Å². The van der Waals surface area contributed by atoms with Crippen LogP contribution >= 0.6 is 34.7 Å². The van der Waals surface area contributed by atoms with E-state index in [2.05, 4.69) is 35.8 Å². The lowest BCUT2D eigenvalue weighted by Gasteiger charge is -2.06. The van der Waals surface area contributed by atoms with Crippen molar-refractivity contribution in [3.05, 3.63) is 63.1 Å². The summed E-state index contributed by atoms with van der Waals surface area (Å²) in [6.45, 7) is 0. The van der Waals surface area contributed by atoms with Crippen LogP contribution in [0.2, 0.25) is 5.02 Å². The molecule has 152 valence electrons. The molecule has 0 saturated carbocycles. The number of hydrazone groups is 1. The summed E-state index contributed by atoms with van der Waals surface area (Å²) in [6, 6.07) is 11.1. The smallest absolute Gasteiger partial charge is 0.293 e. The fourth-order valence-corrected chi connectivity index (χ4v) is 3.97. The number of anilines is 1. The van der Waals surface area contributed by atoms with E-state index in [1.54, 1.807) is 18.3 Å². The molecule has 0 aliphatic carbocycles. The summed E-state index contributed by atoms with van der Waals surface area (Å²) in [7, 11) is 0. The number of hydrogen-bond acceptors (Lipinski definition) is 10. The van der Waals surface area contributed by atoms with Crippen LogP contribution in [0.5, 0.6) is 0 Å². The highest BCUT2D eigenvalue weighted by Crippen LogP contribution is 2.27. The maximum atomic E-state index is 12.7. The number of aromatic nitrogens is 5. The number of nitrogens with zero attached hydrogens (tertiary/aromatic N) is 6. The van der Waals surface area contributed by atoms with Crippen LogP contribution in [-0.4, -0.2) is 37.4 Å². The molecule has 0 radical (unpaired) electrons. The molecule has 0 spiro atoms. The Morgan fingerprint density at radius 3 is 2.87 bits per heavy atom. The first-order valence-corrected chi connectivity index (χ1v) is 10.6. The molecule has 3 aromatic heterocycles. The zero-order chi connectivity index (χ0) is 20.9. The molecule has 4 aromatic rings. The van der Waals surface area contributed by atoms with Crippen LogP contribution in [0.15, 0.2) is 56.4 Å². The number of carbonyl (C=O) groups is 1. The van der Waals surface area contributed by atoms with Crippen molar-refractivity contribution < 1.29 is 9.42 Å². The van der Waals surface area contributed by atoms with E-state index in [1.165, 1.54) is 27.8 Å². The van der Waals surface area contributed by atoms with Crippen LogP contribution in [0.25, 0.3) is 5.82 Å². The summed E-state index contributed by atoms with van der Waals surface area (Å²) < 4.78 is 5.97. The fraction of sp³-hybridized carbons (Fsp3) is 0.0588. The van der Waals surface area contributed by atoms with Crippen molar-refractivity contribution in [2.45, 2.75) is 10.6 Å². The minimum absolute atomic E-state index is 0.0281. The van der Waals surface area contributed by atoms with Gasteiger partial charge >= 0.3 is 0 Å². The van der Waals surface area contributed by atoms with Crippen molar-refractivity contribution in [2.75, 3.05) is 5.73 Å². The van der Waals surface area contributed by atoms with Gasteiger partial charge in [-0.2, -0.15) is 9.78 Å². The predicted molar refractivity (Wildman–Crippen MR) is 114 cm³/mol. The fourth-order valence-electron chi connectivity index (χ4n) is 2.37. The lowest BCUT2D eigenvalue weighted by atomic mass is 10.3. The number of nitrogen functional groups attached to an aromatic ring is 1. The van der Waals surface area contributed by atoms with E-state index < -0.39 is 5.91 Å². The quantitative estimate of drug-likeness (QED) is 0.244. The van der Waals surface area contributed by atoms with Gasteiger partial charge in [0.05, 0.1) is 11.9 Å². The third-order valence-corrected chi connectivity index (χ3v) is 5.85. The highest BCUT2D eigenvalue weighted by atomic mass is 35.5. The number of nitrogens with one attached hydrogen (secondary N) is 1. The van der Waals surface area contributed by atoms with E-state index >= 15 is 0 Å². The molecule has 0 bridgehead atoms. The first kappa shape index (κ1) is 20.1. The van der Waals surface area contributed by atoms with E-state index in [-0.39, 0.29) is 17.3 Å². The molecule has 1 amide bonds. The molecule has 0 aliphatic heterocycles. The Labute approximate surface area is 183 Å². The summed E-state index contributed by atoms with van der Waals surface area (Å²) >= 11 is 8.90. The SMILES string of the molecule is Nc1nonc1-n1nnc(C(=O)N/N=C/c2cccs2)c1CSc1ccc(Cl)cc1. The highest BCUT2D eigenvalue weighted by Gasteiger charge is 2.24. The molecule has 3 N–H and O–H groups in total. The molecule has 10 nitrogen and oxygen atoms in total. The molecule has 4 rings (SSSR count). The zero-order valence-corrected chi connectivity index (χ0v) is 17.5. The molecule has 0 aliphatic rings. The van der Waals surface area contributed by atoms with Gasteiger partial charge in [-0.1, -0.05) is 22.9 Å². The molecule has 0 unspecified atom stereocenters. The predicted octanol–water partition coefficient (Wildman–Crippen LogP) is 3.00. The summed E-state index contributed by atoms with van der Waals surface area (Å²) in [5.41, 5.74) is 8.79. The second kappa shape index (κ2) is 9.07. The lowest BCUT2D eigenvalue weighted by Crippen LogP contribution is -2.20. The second-order valence-corrected chi connectivity index (χ2v) is 8.19. The van der Waals surface area contributed by atoms with Crippen LogP contribution in [0.4, 0.5) is 5.82 Å². The molecular weight excluding hydrogens is 448 g/mol. The van der Waals surface area contributed by atoms with E-state index in [0.717, 1.165) is 9.77 Å². The van der Waals surface area contributed by atoms with Crippen LogP contribution in [-0.2, 0) is 5.75 Å². The van der Waals surface area contributed by atoms with Gasteiger partial charge in [-0.05, 0) is 46.0 Å². The van der Waals surface area contributed by atoms with Crippen LogP contribution in [0, 0.1) is 0 Å². The Morgan fingerprint density at radius 2 is 2.17 bits per heavy atom. The Balaban J connectivity index is 1.59. The van der Waals surface area contributed by atoms with Crippen LogP contribution in [0.1, 0.15) is 21.1 Å². The molecule has 0 saturated heterocycles. The molecule has 30 heavy (non-hydrogen) atoms. The largest absolute Gasteiger partial charge is 0.378 e. The Kier molecular flexibility index (Phi) is 6.07. The topological polar surface area (TPSA) is 137 Å². The van der Waals surface area contributed by atoms with Crippen molar-refractivity contribution in [3.8, 4) is 5.82 Å². The molecule has 13 heteroatoms. The average Bonchev–Trinajstić information content (AvgIpc) is 3.48. The number of rotatable bonds is 7. The molecule has 0 atom stereocenters.